The molecule has 1 atom stereocenters. The highest BCUT2D eigenvalue weighted by Crippen LogP contribution is 2.31. The normalized spacial score (nSPS) is 19.4. The van der Waals surface area contributed by atoms with Gasteiger partial charge in [0.1, 0.15) is 5.69 Å². The number of carbonyl (C=O) groups excluding carboxylic acids is 2. The monoisotopic (exact) mass is 524 g/mol. The quantitative estimate of drug-likeness (QED) is 0.473. The van der Waals surface area contributed by atoms with Crippen molar-refractivity contribution < 1.29 is 9.59 Å². The molecule has 0 saturated carbocycles. The summed E-state index contributed by atoms with van der Waals surface area (Å²) in [6.07, 6.45) is 6.45. The lowest BCUT2D eigenvalue weighted by Crippen LogP contribution is -2.39. The number of likely N-dealkylation sites (tertiary alicyclic amines) is 2. The van der Waals surface area contributed by atoms with Crippen LogP contribution in [0.5, 0.6) is 0 Å². The molecule has 10 nitrogen and oxygen atoms in total. The number of thiazole rings is 1. The minimum Gasteiger partial charge on any atom is -0.351 e. The fourth-order valence-electron chi connectivity index (χ4n) is 5.40. The predicted molar refractivity (Wildman–Crippen MR) is 142 cm³/mol. The van der Waals surface area contributed by atoms with Crippen LogP contribution in [-0.2, 0) is 0 Å². The van der Waals surface area contributed by atoms with Crippen molar-refractivity contribution in [3.05, 3.63) is 39.2 Å². The standard InChI is InChI=1S/C26H36N8O2S/c1-17-15-22-29-30-23(19(3)34(22)31-17)26(36)33-13-8-20(9-14-33)25-28-21(16-37-25)24(35)27-10-6-12-32-11-5-4-7-18(32)2/h15-16,18,20H,4-14H2,1-3H3,(H,27,35). The molecule has 5 rings (SSSR count). The minimum atomic E-state index is -0.114. The Morgan fingerprint density at radius 1 is 1.11 bits per heavy atom. The Balaban J connectivity index is 1.10. The van der Waals surface area contributed by atoms with Crippen LogP contribution in [0.2, 0.25) is 0 Å². The molecular formula is C26H36N8O2S. The van der Waals surface area contributed by atoms with E-state index in [0.717, 1.165) is 36.5 Å². The molecule has 1 unspecified atom stereocenters. The van der Waals surface area contributed by atoms with Crippen LogP contribution in [0.4, 0.5) is 0 Å². The van der Waals surface area contributed by atoms with E-state index in [9.17, 15) is 9.59 Å². The van der Waals surface area contributed by atoms with Gasteiger partial charge in [0, 0.05) is 49.6 Å². The summed E-state index contributed by atoms with van der Waals surface area (Å²) in [5.74, 6) is 0.0383. The molecule has 2 fully saturated rings. The number of amides is 2. The molecule has 1 N–H and O–H groups in total. The third-order valence-corrected chi connectivity index (χ3v) is 8.67. The highest BCUT2D eigenvalue weighted by atomic mass is 32.1. The average Bonchev–Trinajstić information content (AvgIpc) is 3.55. The number of hydrogen-bond donors (Lipinski definition) is 1. The van der Waals surface area contributed by atoms with E-state index in [1.807, 2.05) is 30.2 Å². The van der Waals surface area contributed by atoms with Crippen molar-refractivity contribution in [3.63, 3.8) is 0 Å². The molecule has 3 aromatic heterocycles. The lowest BCUT2D eigenvalue weighted by Gasteiger charge is -2.33. The second-order valence-corrected chi connectivity index (χ2v) is 11.2. The minimum absolute atomic E-state index is 0.0971. The van der Waals surface area contributed by atoms with Gasteiger partial charge in [0.25, 0.3) is 11.8 Å². The van der Waals surface area contributed by atoms with Crippen LogP contribution >= 0.6 is 11.3 Å². The first-order chi connectivity index (χ1) is 17.9. The van der Waals surface area contributed by atoms with E-state index in [2.05, 4.69) is 37.4 Å². The molecule has 2 aliphatic rings. The topological polar surface area (TPSA) is 109 Å². The summed E-state index contributed by atoms with van der Waals surface area (Å²) in [6.45, 7) is 10.2. The SMILES string of the molecule is Cc1cc2nnc(C(=O)N3CCC(c4nc(C(=O)NCCCN5CCCCC5C)cs4)CC3)c(C)n2n1. The third-order valence-electron chi connectivity index (χ3n) is 7.66. The first kappa shape index (κ1) is 25.7. The molecule has 0 aromatic carbocycles. The van der Waals surface area contributed by atoms with Gasteiger partial charge in [-0.1, -0.05) is 6.42 Å². The van der Waals surface area contributed by atoms with E-state index in [1.165, 1.54) is 25.8 Å². The molecule has 0 spiro atoms. The molecular weight excluding hydrogens is 488 g/mol. The number of rotatable bonds is 7. The van der Waals surface area contributed by atoms with Crippen LogP contribution in [0.15, 0.2) is 11.4 Å². The second kappa shape index (κ2) is 11.2. The van der Waals surface area contributed by atoms with Crippen molar-refractivity contribution in [2.45, 2.75) is 71.3 Å². The first-order valence-electron chi connectivity index (χ1n) is 13.4. The highest BCUT2D eigenvalue weighted by Gasteiger charge is 2.29. The highest BCUT2D eigenvalue weighted by molar-refractivity contribution is 7.09. The van der Waals surface area contributed by atoms with Crippen molar-refractivity contribution in [1.82, 2.24) is 39.9 Å². The predicted octanol–water partition coefficient (Wildman–Crippen LogP) is 3.21. The molecule has 0 radical (unpaired) electrons. The fraction of sp³-hybridized carbons (Fsp3) is 0.615. The molecule has 2 aliphatic heterocycles. The van der Waals surface area contributed by atoms with E-state index < -0.39 is 0 Å². The van der Waals surface area contributed by atoms with Gasteiger partial charge in [0.05, 0.1) is 16.4 Å². The van der Waals surface area contributed by atoms with Crippen LogP contribution in [0.3, 0.4) is 0 Å². The second-order valence-electron chi connectivity index (χ2n) is 10.3. The van der Waals surface area contributed by atoms with Gasteiger partial charge >= 0.3 is 0 Å². The Kier molecular flexibility index (Phi) is 7.80. The van der Waals surface area contributed by atoms with Gasteiger partial charge in [-0.25, -0.2) is 9.50 Å². The number of carbonyl (C=O) groups is 2. The Morgan fingerprint density at radius 2 is 1.92 bits per heavy atom. The van der Waals surface area contributed by atoms with Crippen LogP contribution in [0.25, 0.3) is 5.65 Å². The van der Waals surface area contributed by atoms with Crippen molar-refractivity contribution in [3.8, 4) is 0 Å². The maximum Gasteiger partial charge on any atom is 0.276 e. The summed E-state index contributed by atoms with van der Waals surface area (Å²) in [6, 6.07) is 2.49. The van der Waals surface area contributed by atoms with E-state index in [-0.39, 0.29) is 17.7 Å². The molecule has 11 heteroatoms. The van der Waals surface area contributed by atoms with Crippen molar-refractivity contribution >= 4 is 28.8 Å². The smallest absolute Gasteiger partial charge is 0.276 e. The Labute approximate surface area is 221 Å². The summed E-state index contributed by atoms with van der Waals surface area (Å²) in [7, 11) is 0. The Hall–Kier alpha value is -2.92. The number of nitrogens with zero attached hydrogens (tertiary/aromatic N) is 7. The first-order valence-corrected chi connectivity index (χ1v) is 14.3. The third kappa shape index (κ3) is 5.67. The van der Waals surface area contributed by atoms with E-state index in [4.69, 9.17) is 0 Å². The van der Waals surface area contributed by atoms with Crippen LogP contribution in [-0.4, -0.2) is 85.2 Å². The average molecular weight is 525 g/mol. The summed E-state index contributed by atoms with van der Waals surface area (Å²) in [5, 5.41) is 18.7. The van der Waals surface area contributed by atoms with Gasteiger partial charge in [-0.05, 0) is 59.4 Å². The summed E-state index contributed by atoms with van der Waals surface area (Å²) < 4.78 is 1.68. The number of nitrogens with one attached hydrogen (secondary N) is 1. The van der Waals surface area contributed by atoms with Crippen molar-refractivity contribution in [2.24, 2.45) is 0 Å². The zero-order chi connectivity index (χ0) is 25.9. The lowest BCUT2D eigenvalue weighted by molar-refractivity contribution is 0.0704. The molecule has 5 heterocycles. The molecule has 0 aliphatic carbocycles. The van der Waals surface area contributed by atoms with Gasteiger partial charge in [0.15, 0.2) is 11.3 Å². The zero-order valence-electron chi connectivity index (χ0n) is 21.9. The zero-order valence-corrected chi connectivity index (χ0v) is 22.8. The number of aryl methyl sites for hydroxylation is 2. The van der Waals surface area contributed by atoms with Crippen LogP contribution < -0.4 is 5.32 Å². The maximum atomic E-state index is 13.2. The fourth-order valence-corrected chi connectivity index (χ4v) is 6.37. The summed E-state index contributed by atoms with van der Waals surface area (Å²) >= 11 is 1.54. The van der Waals surface area contributed by atoms with Gasteiger partial charge in [0.2, 0.25) is 0 Å². The van der Waals surface area contributed by atoms with Gasteiger partial charge in [-0.15, -0.1) is 21.5 Å². The van der Waals surface area contributed by atoms with Gasteiger partial charge in [-0.3, -0.25) is 9.59 Å². The molecule has 2 amide bonds. The van der Waals surface area contributed by atoms with E-state index >= 15 is 0 Å². The van der Waals surface area contributed by atoms with Gasteiger partial charge in [-0.2, -0.15) is 5.10 Å². The molecule has 3 aromatic rings. The summed E-state index contributed by atoms with van der Waals surface area (Å²) in [4.78, 5) is 34.8. The molecule has 0 bridgehead atoms. The molecule has 2 saturated heterocycles. The number of hydrogen-bond acceptors (Lipinski definition) is 8. The Bertz CT molecular complexity index is 1260. The number of fused-ring (bicyclic) bond motifs is 1. The summed E-state index contributed by atoms with van der Waals surface area (Å²) in [5.41, 5.74) is 3.03. The Morgan fingerprint density at radius 3 is 2.70 bits per heavy atom. The largest absolute Gasteiger partial charge is 0.351 e. The van der Waals surface area contributed by atoms with Crippen LogP contribution in [0.1, 0.15) is 88.7 Å². The van der Waals surface area contributed by atoms with Crippen molar-refractivity contribution in [1.29, 1.82) is 0 Å². The van der Waals surface area contributed by atoms with Gasteiger partial charge < -0.3 is 15.1 Å². The number of aromatic nitrogens is 5. The number of piperidine rings is 2. The van der Waals surface area contributed by atoms with E-state index in [0.29, 0.717) is 48.4 Å². The molecule has 37 heavy (non-hydrogen) atoms. The van der Waals surface area contributed by atoms with E-state index in [1.54, 1.807) is 15.9 Å². The maximum absolute atomic E-state index is 13.2. The lowest BCUT2D eigenvalue weighted by atomic mass is 9.97. The molecule has 198 valence electrons. The van der Waals surface area contributed by atoms with Crippen molar-refractivity contribution in [2.75, 3.05) is 32.7 Å². The van der Waals surface area contributed by atoms with Crippen LogP contribution in [0, 0.1) is 13.8 Å².